The molecule has 0 saturated heterocycles. The molecule has 1 aromatic heterocycles. The Morgan fingerprint density at radius 1 is 1.04 bits per heavy atom. The molecule has 1 N–H and O–H groups in total. The van der Waals surface area contributed by atoms with E-state index in [1.165, 1.54) is 0 Å². The third-order valence-corrected chi connectivity index (χ3v) is 5.67. The van der Waals surface area contributed by atoms with Crippen molar-refractivity contribution in [1.82, 2.24) is 14.9 Å². The molecule has 0 bridgehead atoms. The van der Waals surface area contributed by atoms with Gasteiger partial charge in [0.25, 0.3) is 0 Å². The summed E-state index contributed by atoms with van der Waals surface area (Å²) in [6.45, 7) is 5.31. The molecule has 1 atom stereocenters. The van der Waals surface area contributed by atoms with Crippen molar-refractivity contribution in [2.45, 2.75) is 38.1 Å². The Balaban J connectivity index is 1.95. The zero-order valence-electron chi connectivity index (χ0n) is 14.9. The molecule has 26 heavy (non-hydrogen) atoms. The molecule has 2 aromatic carbocycles. The van der Waals surface area contributed by atoms with Gasteiger partial charge in [-0.05, 0) is 43.0 Å². The topological polar surface area (TPSA) is 85.1 Å². The predicted octanol–water partition coefficient (Wildman–Crippen LogP) is 3.26. The van der Waals surface area contributed by atoms with E-state index < -0.39 is 16.1 Å². The Hall–Kier alpha value is -2.51. The monoisotopic (exact) mass is 371 g/mol. The third-order valence-electron chi connectivity index (χ3n) is 4.05. The van der Waals surface area contributed by atoms with Gasteiger partial charge in [0.15, 0.2) is 0 Å². The quantitative estimate of drug-likeness (QED) is 0.719. The highest BCUT2D eigenvalue weighted by Gasteiger charge is 2.27. The number of benzene rings is 2. The second-order valence-electron chi connectivity index (χ2n) is 6.29. The Bertz CT molecular complexity index is 998. The van der Waals surface area contributed by atoms with Crippen molar-refractivity contribution in [2.24, 2.45) is 0 Å². The molecule has 1 unspecified atom stereocenters. The van der Waals surface area contributed by atoms with E-state index in [1.807, 2.05) is 43.3 Å². The molecule has 0 spiro atoms. The first-order chi connectivity index (χ1) is 12.3. The largest absolute Gasteiger partial charge is 0.424 e. The van der Waals surface area contributed by atoms with Gasteiger partial charge in [-0.1, -0.05) is 42.5 Å². The van der Waals surface area contributed by atoms with Crippen molar-refractivity contribution in [3.05, 3.63) is 77.0 Å². The summed E-state index contributed by atoms with van der Waals surface area (Å²) in [5.41, 5.74) is 2.53. The van der Waals surface area contributed by atoms with E-state index in [1.54, 1.807) is 26.0 Å². The van der Waals surface area contributed by atoms with E-state index in [0.29, 0.717) is 17.9 Å². The highest BCUT2D eigenvalue weighted by Crippen LogP contribution is 2.23. The summed E-state index contributed by atoms with van der Waals surface area (Å²) in [5.74, 6) is 0.643. The lowest BCUT2D eigenvalue weighted by atomic mass is 10.1. The zero-order valence-corrected chi connectivity index (χ0v) is 15.7. The van der Waals surface area contributed by atoms with Gasteiger partial charge in [-0.2, -0.15) is 4.72 Å². The minimum atomic E-state index is -3.75. The van der Waals surface area contributed by atoms with Crippen LogP contribution in [0.4, 0.5) is 0 Å². The minimum Gasteiger partial charge on any atom is -0.424 e. The average Bonchev–Trinajstić information content (AvgIpc) is 3.03. The number of nitrogens with one attached hydrogen (secondary N) is 1. The number of aromatic nitrogens is 2. The molecule has 1 heterocycles. The first-order valence-electron chi connectivity index (χ1n) is 8.28. The molecule has 3 rings (SSSR count). The van der Waals surface area contributed by atoms with Crippen LogP contribution in [0.15, 0.2) is 57.8 Å². The van der Waals surface area contributed by atoms with Crippen LogP contribution in [-0.2, 0) is 16.4 Å². The van der Waals surface area contributed by atoms with E-state index in [-0.39, 0.29) is 10.8 Å². The molecular formula is C19H21N3O3S. The van der Waals surface area contributed by atoms with Gasteiger partial charge in [0, 0.05) is 6.92 Å². The molecule has 136 valence electrons. The Morgan fingerprint density at radius 3 is 2.42 bits per heavy atom. The van der Waals surface area contributed by atoms with E-state index in [4.69, 9.17) is 4.42 Å². The predicted molar refractivity (Wildman–Crippen MR) is 98.2 cm³/mol. The lowest BCUT2D eigenvalue weighted by Crippen LogP contribution is -2.31. The number of rotatable bonds is 6. The SMILES string of the molecule is Cc1ccc(C)c(S(=O)(=O)NC(Cc2ccccc2)c2nnc(C)o2)c1. The highest BCUT2D eigenvalue weighted by molar-refractivity contribution is 7.89. The second-order valence-corrected chi connectivity index (χ2v) is 7.97. The van der Waals surface area contributed by atoms with Crippen LogP contribution >= 0.6 is 0 Å². The first kappa shape index (κ1) is 18.3. The molecule has 6 nitrogen and oxygen atoms in total. The average molecular weight is 371 g/mol. The standard InChI is InChI=1S/C19H21N3O3S/c1-13-9-10-14(2)18(11-13)26(23,24)22-17(19-21-20-15(3)25-19)12-16-7-5-4-6-8-16/h4-11,17,22H,12H2,1-3H3. The van der Waals surface area contributed by atoms with Gasteiger partial charge < -0.3 is 4.42 Å². The summed E-state index contributed by atoms with van der Waals surface area (Å²) in [6, 6.07) is 14.3. The third kappa shape index (κ3) is 4.17. The number of nitrogens with zero attached hydrogens (tertiary/aromatic N) is 2. The minimum absolute atomic E-state index is 0.250. The van der Waals surface area contributed by atoms with Crippen molar-refractivity contribution < 1.29 is 12.8 Å². The molecule has 0 aliphatic heterocycles. The van der Waals surface area contributed by atoms with Crippen LogP contribution in [-0.4, -0.2) is 18.6 Å². The van der Waals surface area contributed by atoms with Crippen molar-refractivity contribution in [1.29, 1.82) is 0 Å². The van der Waals surface area contributed by atoms with Crippen molar-refractivity contribution in [3.8, 4) is 0 Å². The summed E-state index contributed by atoms with van der Waals surface area (Å²) in [4.78, 5) is 0.256. The fraction of sp³-hybridized carbons (Fsp3) is 0.263. The van der Waals surface area contributed by atoms with Crippen LogP contribution in [0, 0.1) is 20.8 Å². The smallest absolute Gasteiger partial charge is 0.241 e. The van der Waals surface area contributed by atoms with Crippen LogP contribution < -0.4 is 4.72 Å². The van der Waals surface area contributed by atoms with E-state index in [9.17, 15) is 8.42 Å². The Morgan fingerprint density at radius 2 is 1.77 bits per heavy atom. The Labute approximate surface area is 153 Å². The summed E-state index contributed by atoms with van der Waals surface area (Å²) in [6.07, 6.45) is 0.409. The molecular weight excluding hydrogens is 350 g/mol. The van der Waals surface area contributed by atoms with Gasteiger partial charge in [0.05, 0.1) is 4.90 Å². The normalized spacial score (nSPS) is 12.9. The Kier molecular flexibility index (Phi) is 5.20. The van der Waals surface area contributed by atoms with Crippen LogP contribution in [0.3, 0.4) is 0 Å². The van der Waals surface area contributed by atoms with Crippen molar-refractivity contribution >= 4 is 10.0 Å². The van der Waals surface area contributed by atoms with E-state index in [0.717, 1.165) is 11.1 Å². The lowest BCUT2D eigenvalue weighted by Gasteiger charge is -2.17. The molecule has 0 radical (unpaired) electrons. The number of sulfonamides is 1. The van der Waals surface area contributed by atoms with Crippen LogP contribution in [0.5, 0.6) is 0 Å². The molecule has 0 aliphatic carbocycles. The van der Waals surface area contributed by atoms with Crippen molar-refractivity contribution in [3.63, 3.8) is 0 Å². The van der Waals surface area contributed by atoms with Crippen LogP contribution in [0.1, 0.15) is 34.5 Å². The van der Waals surface area contributed by atoms with Crippen LogP contribution in [0.2, 0.25) is 0 Å². The maximum Gasteiger partial charge on any atom is 0.241 e. The maximum absolute atomic E-state index is 13.0. The van der Waals surface area contributed by atoms with E-state index >= 15 is 0 Å². The van der Waals surface area contributed by atoms with Gasteiger partial charge in [0.2, 0.25) is 21.8 Å². The fourth-order valence-electron chi connectivity index (χ4n) is 2.73. The number of aryl methyl sites for hydroxylation is 3. The molecule has 3 aromatic rings. The molecule has 7 heteroatoms. The zero-order chi connectivity index (χ0) is 18.7. The van der Waals surface area contributed by atoms with E-state index in [2.05, 4.69) is 14.9 Å². The molecule has 0 saturated carbocycles. The summed E-state index contributed by atoms with van der Waals surface area (Å²) in [5, 5.41) is 7.85. The second kappa shape index (κ2) is 7.39. The summed E-state index contributed by atoms with van der Waals surface area (Å²) >= 11 is 0. The van der Waals surface area contributed by atoms with Gasteiger partial charge in [0.1, 0.15) is 6.04 Å². The van der Waals surface area contributed by atoms with Crippen LogP contribution in [0.25, 0.3) is 0 Å². The first-order valence-corrected chi connectivity index (χ1v) is 9.77. The maximum atomic E-state index is 13.0. The molecule has 0 amide bonds. The lowest BCUT2D eigenvalue weighted by molar-refractivity contribution is 0.411. The number of hydrogen-bond donors (Lipinski definition) is 1. The summed E-state index contributed by atoms with van der Waals surface area (Å²) in [7, 11) is -3.75. The van der Waals surface area contributed by atoms with Gasteiger partial charge in [-0.25, -0.2) is 8.42 Å². The highest BCUT2D eigenvalue weighted by atomic mass is 32.2. The fourth-order valence-corrected chi connectivity index (χ4v) is 4.25. The number of hydrogen-bond acceptors (Lipinski definition) is 5. The molecule has 0 fully saturated rings. The summed E-state index contributed by atoms with van der Waals surface area (Å²) < 4.78 is 34.2. The molecule has 0 aliphatic rings. The van der Waals surface area contributed by atoms with Gasteiger partial charge >= 0.3 is 0 Å². The van der Waals surface area contributed by atoms with Crippen molar-refractivity contribution in [2.75, 3.05) is 0 Å². The van der Waals surface area contributed by atoms with Gasteiger partial charge in [-0.15, -0.1) is 10.2 Å². The van der Waals surface area contributed by atoms with Gasteiger partial charge in [-0.3, -0.25) is 0 Å².